The largest absolute Gasteiger partial charge is 0.469 e. The van der Waals surface area contributed by atoms with Gasteiger partial charge in [-0.3, -0.25) is 4.79 Å². The number of methoxy groups -OCH3 is 1. The van der Waals surface area contributed by atoms with Gasteiger partial charge in [0.2, 0.25) is 0 Å². The standard InChI is InChI=1S/C12H19N3O2S/c1-5-9-14-11(13-3)8(2)12(15-9)18-7-6-10(16)17-4/h5-7H2,1-4H3,(H,13,14,15). The van der Waals surface area contributed by atoms with Gasteiger partial charge in [0.25, 0.3) is 0 Å². The van der Waals surface area contributed by atoms with Crippen LogP contribution < -0.4 is 5.32 Å². The molecule has 0 aliphatic heterocycles. The lowest BCUT2D eigenvalue weighted by Crippen LogP contribution is -2.05. The fourth-order valence-electron chi connectivity index (χ4n) is 1.42. The van der Waals surface area contributed by atoms with Crippen molar-refractivity contribution in [1.82, 2.24) is 9.97 Å². The van der Waals surface area contributed by atoms with Crippen molar-refractivity contribution in [2.24, 2.45) is 0 Å². The number of nitrogens with zero attached hydrogens (tertiary/aromatic N) is 2. The molecule has 0 atom stereocenters. The summed E-state index contributed by atoms with van der Waals surface area (Å²) in [6.45, 7) is 4.00. The zero-order valence-electron chi connectivity index (χ0n) is 11.2. The summed E-state index contributed by atoms with van der Waals surface area (Å²) in [5.74, 6) is 2.13. The summed E-state index contributed by atoms with van der Waals surface area (Å²) in [7, 11) is 3.24. The van der Waals surface area contributed by atoms with E-state index in [0.717, 1.165) is 28.7 Å². The molecule has 1 heterocycles. The van der Waals surface area contributed by atoms with Gasteiger partial charge in [-0.2, -0.15) is 0 Å². The van der Waals surface area contributed by atoms with Gasteiger partial charge in [0.05, 0.1) is 13.5 Å². The molecule has 1 N–H and O–H groups in total. The molecular formula is C12H19N3O2S. The Morgan fingerprint density at radius 1 is 1.44 bits per heavy atom. The minimum absolute atomic E-state index is 0.196. The second kappa shape index (κ2) is 7.20. The average Bonchev–Trinajstić information content (AvgIpc) is 2.40. The van der Waals surface area contributed by atoms with E-state index in [1.54, 1.807) is 11.8 Å². The van der Waals surface area contributed by atoms with E-state index in [-0.39, 0.29) is 5.97 Å². The van der Waals surface area contributed by atoms with E-state index in [2.05, 4.69) is 20.0 Å². The zero-order chi connectivity index (χ0) is 13.5. The molecule has 0 amide bonds. The summed E-state index contributed by atoms with van der Waals surface area (Å²) in [4.78, 5) is 19.9. The SMILES string of the molecule is CCc1nc(NC)c(C)c(SCCC(=O)OC)n1. The van der Waals surface area contributed by atoms with Crippen molar-refractivity contribution in [2.75, 3.05) is 25.2 Å². The molecule has 18 heavy (non-hydrogen) atoms. The highest BCUT2D eigenvalue weighted by Crippen LogP contribution is 2.25. The zero-order valence-corrected chi connectivity index (χ0v) is 12.1. The number of aromatic nitrogens is 2. The van der Waals surface area contributed by atoms with E-state index in [0.29, 0.717) is 12.2 Å². The first-order chi connectivity index (χ1) is 8.62. The van der Waals surface area contributed by atoms with E-state index in [4.69, 9.17) is 0 Å². The normalized spacial score (nSPS) is 10.2. The number of esters is 1. The van der Waals surface area contributed by atoms with Gasteiger partial charge in [-0.25, -0.2) is 9.97 Å². The molecule has 1 aromatic rings. The Morgan fingerprint density at radius 3 is 2.72 bits per heavy atom. The van der Waals surface area contributed by atoms with Crippen molar-refractivity contribution in [1.29, 1.82) is 0 Å². The highest BCUT2D eigenvalue weighted by molar-refractivity contribution is 7.99. The van der Waals surface area contributed by atoms with Crippen LogP contribution in [0.3, 0.4) is 0 Å². The first kappa shape index (κ1) is 14.8. The van der Waals surface area contributed by atoms with Crippen molar-refractivity contribution in [3.63, 3.8) is 0 Å². The summed E-state index contributed by atoms with van der Waals surface area (Å²) < 4.78 is 4.61. The average molecular weight is 269 g/mol. The molecule has 0 spiro atoms. The Balaban J connectivity index is 2.77. The number of ether oxygens (including phenoxy) is 1. The molecule has 0 saturated heterocycles. The van der Waals surface area contributed by atoms with Crippen molar-refractivity contribution < 1.29 is 9.53 Å². The van der Waals surface area contributed by atoms with Crippen LogP contribution in [0.2, 0.25) is 0 Å². The van der Waals surface area contributed by atoms with Gasteiger partial charge in [0, 0.05) is 24.8 Å². The van der Waals surface area contributed by atoms with Gasteiger partial charge in [0.15, 0.2) is 0 Å². The summed E-state index contributed by atoms with van der Waals surface area (Å²) in [6.07, 6.45) is 1.18. The quantitative estimate of drug-likeness (QED) is 0.484. The maximum Gasteiger partial charge on any atom is 0.306 e. The van der Waals surface area contributed by atoms with E-state index < -0.39 is 0 Å². The van der Waals surface area contributed by atoms with E-state index in [9.17, 15) is 4.79 Å². The van der Waals surface area contributed by atoms with E-state index in [1.807, 2.05) is 20.9 Å². The van der Waals surface area contributed by atoms with Crippen LogP contribution in [0.1, 0.15) is 24.7 Å². The molecule has 0 radical (unpaired) electrons. The van der Waals surface area contributed by atoms with Crippen LogP contribution in [-0.4, -0.2) is 35.8 Å². The van der Waals surface area contributed by atoms with Gasteiger partial charge in [0.1, 0.15) is 16.7 Å². The van der Waals surface area contributed by atoms with Crippen LogP contribution in [0, 0.1) is 6.92 Å². The first-order valence-electron chi connectivity index (χ1n) is 5.87. The van der Waals surface area contributed by atoms with Crippen molar-refractivity contribution in [3.8, 4) is 0 Å². The monoisotopic (exact) mass is 269 g/mol. The molecule has 0 aromatic carbocycles. The molecule has 100 valence electrons. The van der Waals surface area contributed by atoms with Crippen molar-refractivity contribution in [2.45, 2.75) is 31.7 Å². The lowest BCUT2D eigenvalue weighted by molar-refractivity contribution is -0.140. The van der Waals surface area contributed by atoms with Crippen molar-refractivity contribution >= 4 is 23.5 Å². The second-order valence-corrected chi connectivity index (χ2v) is 4.78. The van der Waals surface area contributed by atoms with Gasteiger partial charge in [-0.05, 0) is 6.92 Å². The highest BCUT2D eigenvalue weighted by atomic mass is 32.2. The first-order valence-corrected chi connectivity index (χ1v) is 6.85. The number of anilines is 1. The molecule has 0 fully saturated rings. The lowest BCUT2D eigenvalue weighted by atomic mass is 10.3. The number of carbonyl (C=O) groups is 1. The van der Waals surface area contributed by atoms with Crippen LogP contribution in [0.25, 0.3) is 0 Å². The van der Waals surface area contributed by atoms with Crippen LogP contribution in [0.5, 0.6) is 0 Å². The smallest absolute Gasteiger partial charge is 0.306 e. The number of hydrogen-bond donors (Lipinski definition) is 1. The number of hydrogen-bond acceptors (Lipinski definition) is 6. The molecular weight excluding hydrogens is 250 g/mol. The Kier molecular flexibility index (Phi) is 5.91. The number of carbonyl (C=O) groups excluding carboxylic acids is 1. The summed E-state index contributed by atoms with van der Waals surface area (Å²) in [6, 6.07) is 0. The maximum absolute atomic E-state index is 11.1. The Hall–Kier alpha value is -1.30. The Labute approximate surface area is 112 Å². The topological polar surface area (TPSA) is 64.1 Å². The van der Waals surface area contributed by atoms with Gasteiger partial charge >= 0.3 is 5.97 Å². The molecule has 5 nitrogen and oxygen atoms in total. The van der Waals surface area contributed by atoms with Crippen LogP contribution in [-0.2, 0) is 16.0 Å². The fourth-order valence-corrected chi connectivity index (χ4v) is 2.36. The predicted octanol–water partition coefficient (Wildman–Crippen LogP) is 2.04. The molecule has 6 heteroatoms. The second-order valence-electron chi connectivity index (χ2n) is 3.70. The predicted molar refractivity (Wildman–Crippen MR) is 73.1 cm³/mol. The van der Waals surface area contributed by atoms with Crippen LogP contribution >= 0.6 is 11.8 Å². The molecule has 1 aromatic heterocycles. The third-order valence-electron chi connectivity index (χ3n) is 2.47. The maximum atomic E-state index is 11.1. The summed E-state index contributed by atoms with van der Waals surface area (Å²) in [5.41, 5.74) is 1.02. The molecule has 0 aliphatic rings. The third-order valence-corrected chi connectivity index (χ3v) is 3.55. The summed E-state index contributed by atoms with van der Waals surface area (Å²) in [5, 5.41) is 3.99. The van der Waals surface area contributed by atoms with Crippen LogP contribution in [0.15, 0.2) is 5.03 Å². The third kappa shape index (κ3) is 3.87. The minimum atomic E-state index is -0.196. The van der Waals surface area contributed by atoms with Crippen molar-refractivity contribution in [3.05, 3.63) is 11.4 Å². The van der Waals surface area contributed by atoms with Gasteiger partial charge in [-0.15, -0.1) is 11.8 Å². The lowest BCUT2D eigenvalue weighted by Gasteiger charge is -2.10. The number of aryl methyl sites for hydroxylation is 1. The number of thioether (sulfide) groups is 1. The molecule has 1 rings (SSSR count). The molecule has 0 bridgehead atoms. The van der Waals surface area contributed by atoms with Crippen LogP contribution in [0.4, 0.5) is 5.82 Å². The molecule has 0 unspecified atom stereocenters. The number of rotatable bonds is 6. The summed E-state index contributed by atoms with van der Waals surface area (Å²) >= 11 is 1.56. The molecule has 0 aliphatic carbocycles. The Bertz CT molecular complexity index is 424. The highest BCUT2D eigenvalue weighted by Gasteiger charge is 2.10. The van der Waals surface area contributed by atoms with E-state index in [1.165, 1.54) is 7.11 Å². The fraction of sp³-hybridized carbons (Fsp3) is 0.583. The van der Waals surface area contributed by atoms with E-state index >= 15 is 0 Å². The van der Waals surface area contributed by atoms with Gasteiger partial charge in [-0.1, -0.05) is 6.92 Å². The minimum Gasteiger partial charge on any atom is -0.469 e. The Morgan fingerprint density at radius 2 is 2.17 bits per heavy atom. The molecule has 0 saturated carbocycles. The van der Waals surface area contributed by atoms with Gasteiger partial charge < -0.3 is 10.1 Å². The number of nitrogens with one attached hydrogen (secondary N) is 1.